The van der Waals surface area contributed by atoms with E-state index in [4.69, 9.17) is 4.89 Å². The second-order valence-corrected chi connectivity index (χ2v) is 4.91. The lowest BCUT2D eigenvalue weighted by molar-refractivity contribution is -0.136. The molecule has 15 heavy (non-hydrogen) atoms. The SMILES string of the molecule is CCCCC1(C(=O)CO[P+](=O)O)CCC1. The zero-order valence-electron chi connectivity index (χ0n) is 9.07. The van der Waals surface area contributed by atoms with Crippen LogP contribution >= 0.6 is 8.25 Å². The summed E-state index contributed by atoms with van der Waals surface area (Å²) in [6, 6.07) is 0. The Balaban J connectivity index is 2.42. The predicted octanol–water partition coefficient (Wildman–Crippen LogP) is 2.58. The largest absolute Gasteiger partial charge is 0.695 e. The van der Waals surface area contributed by atoms with Crippen molar-refractivity contribution in [2.75, 3.05) is 6.61 Å². The van der Waals surface area contributed by atoms with E-state index >= 15 is 0 Å². The Kier molecular flexibility index (Phi) is 4.84. The Morgan fingerprint density at radius 2 is 2.20 bits per heavy atom. The van der Waals surface area contributed by atoms with Gasteiger partial charge in [-0.1, -0.05) is 26.2 Å². The fourth-order valence-electron chi connectivity index (χ4n) is 2.05. The minimum absolute atomic E-state index is 0.000370. The van der Waals surface area contributed by atoms with Crippen LogP contribution in [-0.4, -0.2) is 17.3 Å². The molecule has 1 atom stereocenters. The van der Waals surface area contributed by atoms with Crippen molar-refractivity contribution in [3.8, 4) is 0 Å². The molecule has 0 radical (unpaired) electrons. The van der Waals surface area contributed by atoms with Crippen molar-refractivity contribution in [2.24, 2.45) is 5.41 Å². The highest BCUT2D eigenvalue weighted by Crippen LogP contribution is 2.46. The minimum atomic E-state index is -2.64. The molecule has 4 nitrogen and oxygen atoms in total. The third-order valence-electron chi connectivity index (χ3n) is 3.22. The number of rotatable bonds is 7. The molecule has 0 aliphatic heterocycles. The standard InChI is InChI=1S/C10H17O4P/c1-2-3-5-10(6-4-7-10)9(11)8-14-15(12)13/h2-8H2,1H3/p+1. The molecular formula is C10H18O4P+. The Morgan fingerprint density at radius 1 is 1.53 bits per heavy atom. The van der Waals surface area contributed by atoms with E-state index in [2.05, 4.69) is 11.4 Å². The van der Waals surface area contributed by atoms with Gasteiger partial charge in [-0.3, -0.25) is 4.79 Å². The summed E-state index contributed by atoms with van der Waals surface area (Å²) in [5, 5.41) is 0. The van der Waals surface area contributed by atoms with Gasteiger partial charge in [-0.05, 0) is 19.3 Å². The molecule has 0 aromatic heterocycles. The lowest BCUT2D eigenvalue weighted by Gasteiger charge is -2.40. The van der Waals surface area contributed by atoms with Crippen molar-refractivity contribution in [1.82, 2.24) is 0 Å². The Labute approximate surface area is 91.0 Å². The first-order valence-corrected chi connectivity index (χ1v) is 6.56. The van der Waals surface area contributed by atoms with Crippen LogP contribution in [-0.2, 0) is 13.9 Å². The average Bonchev–Trinajstić information content (AvgIpc) is 2.13. The summed E-state index contributed by atoms with van der Waals surface area (Å²) in [5.74, 6) is -0.000370. The molecule has 1 unspecified atom stereocenters. The molecule has 1 saturated carbocycles. The Morgan fingerprint density at radius 3 is 2.60 bits per heavy atom. The molecule has 5 heteroatoms. The molecule has 1 N–H and O–H groups in total. The lowest BCUT2D eigenvalue weighted by atomic mass is 9.63. The summed E-state index contributed by atoms with van der Waals surface area (Å²) in [4.78, 5) is 20.3. The normalized spacial score (nSPS) is 19.5. The molecule has 0 aromatic rings. The van der Waals surface area contributed by atoms with E-state index in [0.717, 1.165) is 38.5 Å². The number of carbonyl (C=O) groups excluding carboxylic acids is 1. The molecule has 86 valence electrons. The van der Waals surface area contributed by atoms with Crippen molar-refractivity contribution in [2.45, 2.75) is 45.4 Å². The monoisotopic (exact) mass is 233 g/mol. The van der Waals surface area contributed by atoms with Crippen LogP contribution in [0.2, 0.25) is 0 Å². The maximum atomic E-state index is 11.8. The molecular weight excluding hydrogens is 215 g/mol. The minimum Gasteiger partial charge on any atom is -0.296 e. The fraction of sp³-hybridized carbons (Fsp3) is 0.900. The molecule has 1 fully saturated rings. The van der Waals surface area contributed by atoms with Crippen molar-refractivity contribution < 1.29 is 18.8 Å². The summed E-state index contributed by atoms with van der Waals surface area (Å²) < 4.78 is 14.8. The Bertz CT molecular complexity index is 248. The van der Waals surface area contributed by atoms with E-state index in [1.165, 1.54) is 0 Å². The zero-order chi connectivity index (χ0) is 11.3. The number of carbonyl (C=O) groups is 1. The Hall–Kier alpha value is -0.310. The van der Waals surface area contributed by atoms with Crippen LogP contribution in [0.5, 0.6) is 0 Å². The molecule has 0 amide bonds. The van der Waals surface area contributed by atoms with Crippen LogP contribution in [0.25, 0.3) is 0 Å². The summed E-state index contributed by atoms with van der Waals surface area (Å²) >= 11 is 0. The van der Waals surface area contributed by atoms with Gasteiger partial charge < -0.3 is 0 Å². The van der Waals surface area contributed by atoms with Crippen LogP contribution in [0.4, 0.5) is 0 Å². The average molecular weight is 233 g/mol. The van der Waals surface area contributed by atoms with E-state index in [9.17, 15) is 9.36 Å². The second kappa shape index (κ2) is 5.69. The summed E-state index contributed by atoms with van der Waals surface area (Å²) in [7, 11) is -2.64. The van der Waals surface area contributed by atoms with E-state index in [1.807, 2.05) is 0 Å². The number of unbranched alkanes of at least 4 members (excludes halogenated alkanes) is 1. The first-order chi connectivity index (χ1) is 7.10. The molecule has 0 saturated heterocycles. The van der Waals surface area contributed by atoms with Gasteiger partial charge in [0.25, 0.3) is 0 Å². The lowest BCUT2D eigenvalue weighted by Crippen LogP contribution is -2.39. The molecule has 0 spiro atoms. The van der Waals surface area contributed by atoms with Gasteiger partial charge in [-0.25, -0.2) is 0 Å². The van der Waals surface area contributed by atoms with Crippen molar-refractivity contribution in [3.63, 3.8) is 0 Å². The fourth-order valence-corrected chi connectivity index (χ4v) is 2.28. The quantitative estimate of drug-likeness (QED) is 0.686. The van der Waals surface area contributed by atoms with Crippen LogP contribution in [0.1, 0.15) is 45.4 Å². The number of Topliss-reactive ketones (excluding diaryl/α,β-unsaturated/α-hetero) is 1. The van der Waals surface area contributed by atoms with Gasteiger partial charge in [0, 0.05) is 9.98 Å². The number of ketones is 1. The number of hydrogen-bond acceptors (Lipinski definition) is 3. The van der Waals surface area contributed by atoms with Gasteiger partial charge in [0.1, 0.15) is 0 Å². The summed E-state index contributed by atoms with van der Waals surface area (Å²) in [5.41, 5.74) is -0.235. The summed E-state index contributed by atoms with van der Waals surface area (Å²) in [6.45, 7) is 1.88. The van der Waals surface area contributed by atoms with Crippen LogP contribution in [0.15, 0.2) is 0 Å². The second-order valence-electron chi connectivity index (χ2n) is 4.17. The van der Waals surface area contributed by atoms with Gasteiger partial charge in [0.05, 0.1) is 0 Å². The van der Waals surface area contributed by atoms with E-state index in [1.54, 1.807) is 0 Å². The van der Waals surface area contributed by atoms with Crippen LogP contribution in [0.3, 0.4) is 0 Å². The molecule has 1 rings (SSSR count). The third kappa shape index (κ3) is 3.33. The van der Waals surface area contributed by atoms with E-state index in [0.29, 0.717) is 0 Å². The highest BCUT2D eigenvalue weighted by molar-refractivity contribution is 7.32. The van der Waals surface area contributed by atoms with Gasteiger partial charge in [0.2, 0.25) is 0 Å². The van der Waals surface area contributed by atoms with E-state index in [-0.39, 0.29) is 17.8 Å². The molecule has 0 heterocycles. The third-order valence-corrected chi connectivity index (χ3v) is 3.57. The first kappa shape index (κ1) is 12.8. The highest BCUT2D eigenvalue weighted by Gasteiger charge is 2.43. The van der Waals surface area contributed by atoms with E-state index < -0.39 is 8.25 Å². The molecule has 0 bridgehead atoms. The first-order valence-electron chi connectivity index (χ1n) is 5.43. The summed E-state index contributed by atoms with van der Waals surface area (Å²) in [6.07, 6.45) is 5.92. The van der Waals surface area contributed by atoms with Gasteiger partial charge >= 0.3 is 8.25 Å². The van der Waals surface area contributed by atoms with Crippen molar-refractivity contribution in [1.29, 1.82) is 0 Å². The maximum Gasteiger partial charge on any atom is 0.695 e. The van der Waals surface area contributed by atoms with Crippen LogP contribution < -0.4 is 0 Å². The molecule has 1 aliphatic carbocycles. The highest BCUT2D eigenvalue weighted by atomic mass is 31.1. The van der Waals surface area contributed by atoms with Gasteiger partial charge in [-0.15, -0.1) is 9.42 Å². The van der Waals surface area contributed by atoms with Crippen LogP contribution in [0, 0.1) is 5.41 Å². The predicted molar refractivity (Wildman–Crippen MR) is 56.6 cm³/mol. The number of hydrogen-bond donors (Lipinski definition) is 1. The molecule has 1 aliphatic rings. The van der Waals surface area contributed by atoms with Gasteiger partial charge in [0.15, 0.2) is 12.4 Å². The molecule has 0 aromatic carbocycles. The van der Waals surface area contributed by atoms with Crippen molar-refractivity contribution in [3.05, 3.63) is 0 Å². The maximum absolute atomic E-state index is 11.8. The van der Waals surface area contributed by atoms with Crippen molar-refractivity contribution >= 4 is 14.0 Å². The van der Waals surface area contributed by atoms with Gasteiger partial charge in [-0.2, -0.15) is 0 Å². The smallest absolute Gasteiger partial charge is 0.296 e. The topological polar surface area (TPSA) is 63.6 Å². The zero-order valence-corrected chi connectivity index (χ0v) is 9.96.